The number of carbonyl (C=O) groups excluding carboxylic acids is 1. The van der Waals surface area contributed by atoms with Crippen LogP contribution in [0.25, 0.3) is 10.9 Å². The van der Waals surface area contributed by atoms with E-state index in [9.17, 15) is 9.59 Å². The number of hydrogen-bond donors (Lipinski definition) is 3. The fourth-order valence-corrected chi connectivity index (χ4v) is 2.13. The number of fused-ring (bicyclic) bond motifs is 1. The van der Waals surface area contributed by atoms with Gasteiger partial charge in [-0.1, -0.05) is 29.8 Å². The third kappa shape index (κ3) is 3.48. The summed E-state index contributed by atoms with van der Waals surface area (Å²) in [5.74, 6) is -1.87. The Labute approximate surface area is 125 Å². The third-order valence-electron chi connectivity index (χ3n) is 2.92. The first-order valence-electron chi connectivity index (χ1n) is 6.22. The molecule has 7 heteroatoms. The Hall–Kier alpha value is -2.18. The smallest absolute Gasteiger partial charge is 0.326 e. The average molecular weight is 309 g/mol. The summed E-state index contributed by atoms with van der Waals surface area (Å²) in [6.07, 6.45) is -0.0810. The van der Waals surface area contributed by atoms with E-state index in [1.54, 1.807) is 24.3 Å². The minimum Gasteiger partial charge on any atom is -0.480 e. The van der Waals surface area contributed by atoms with Crippen molar-refractivity contribution in [3.05, 3.63) is 41.0 Å². The molecule has 0 aliphatic heterocycles. The number of nitrogens with one attached hydrogen (secondary N) is 1. The van der Waals surface area contributed by atoms with E-state index < -0.39 is 17.9 Å². The van der Waals surface area contributed by atoms with Crippen molar-refractivity contribution in [3.8, 4) is 0 Å². The van der Waals surface area contributed by atoms with Crippen LogP contribution in [0.3, 0.4) is 0 Å². The van der Waals surface area contributed by atoms with Crippen LogP contribution in [-0.2, 0) is 4.79 Å². The number of aliphatic carboxylic acids is 1. The van der Waals surface area contributed by atoms with Crippen molar-refractivity contribution < 1.29 is 19.8 Å². The van der Waals surface area contributed by atoms with Crippen LogP contribution in [0, 0.1) is 0 Å². The van der Waals surface area contributed by atoms with Gasteiger partial charge < -0.3 is 15.5 Å². The van der Waals surface area contributed by atoms with Gasteiger partial charge in [-0.3, -0.25) is 4.79 Å². The molecule has 0 saturated heterocycles. The Bertz CT molecular complexity index is 690. The van der Waals surface area contributed by atoms with Gasteiger partial charge in [0.05, 0.1) is 10.5 Å². The summed E-state index contributed by atoms with van der Waals surface area (Å²) >= 11 is 6.09. The standard InChI is InChI=1S/C14H13ClN2O4/c15-9-7-12(16-10-4-2-1-3-8(9)10)13(19)17-11(5-6-18)14(20)21/h1-4,7,11,18H,5-6H2,(H,17,19)(H,20,21)/t11-/m0/s1. The Morgan fingerprint density at radius 3 is 2.71 bits per heavy atom. The van der Waals surface area contributed by atoms with Crippen LogP contribution in [0.5, 0.6) is 0 Å². The van der Waals surface area contributed by atoms with Crippen LogP contribution in [0.2, 0.25) is 5.02 Å². The number of nitrogens with zero attached hydrogens (tertiary/aromatic N) is 1. The van der Waals surface area contributed by atoms with Gasteiger partial charge in [0.25, 0.3) is 5.91 Å². The Morgan fingerprint density at radius 1 is 1.33 bits per heavy atom. The maximum Gasteiger partial charge on any atom is 0.326 e. The molecule has 1 aromatic carbocycles. The molecule has 1 aromatic heterocycles. The number of carbonyl (C=O) groups is 2. The maximum absolute atomic E-state index is 12.1. The first-order valence-corrected chi connectivity index (χ1v) is 6.60. The molecule has 2 aromatic rings. The summed E-state index contributed by atoms with van der Waals surface area (Å²) in [6, 6.07) is 7.26. The van der Waals surface area contributed by atoms with Gasteiger partial charge in [0, 0.05) is 18.4 Å². The molecule has 0 bridgehead atoms. The molecule has 0 aliphatic rings. The molecule has 1 heterocycles. The van der Waals surface area contributed by atoms with Gasteiger partial charge in [-0.25, -0.2) is 9.78 Å². The lowest BCUT2D eigenvalue weighted by Crippen LogP contribution is -2.41. The molecule has 0 unspecified atom stereocenters. The number of carboxylic acid groups (broad SMARTS) is 1. The lowest BCUT2D eigenvalue weighted by molar-refractivity contribution is -0.139. The van der Waals surface area contributed by atoms with E-state index in [0.29, 0.717) is 15.9 Å². The lowest BCUT2D eigenvalue weighted by Gasteiger charge is -2.13. The first kappa shape index (κ1) is 15.2. The minimum atomic E-state index is -1.22. The molecule has 0 fully saturated rings. The van der Waals surface area contributed by atoms with Gasteiger partial charge in [0.2, 0.25) is 0 Å². The van der Waals surface area contributed by atoms with E-state index in [0.717, 1.165) is 0 Å². The summed E-state index contributed by atoms with van der Waals surface area (Å²) in [6.45, 7) is -0.344. The van der Waals surface area contributed by atoms with Gasteiger partial charge in [0.1, 0.15) is 11.7 Å². The highest BCUT2D eigenvalue weighted by Crippen LogP contribution is 2.22. The van der Waals surface area contributed by atoms with Crippen molar-refractivity contribution in [2.75, 3.05) is 6.61 Å². The van der Waals surface area contributed by atoms with Crippen LogP contribution in [-0.4, -0.2) is 39.7 Å². The van der Waals surface area contributed by atoms with E-state index in [4.69, 9.17) is 21.8 Å². The first-order chi connectivity index (χ1) is 10.0. The van der Waals surface area contributed by atoms with Crippen molar-refractivity contribution in [1.29, 1.82) is 0 Å². The monoisotopic (exact) mass is 308 g/mol. The molecule has 0 spiro atoms. The number of aromatic nitrogens is 1. The maximum atomic E-state index is 12.1. The molecule has 2 rings (SSSR count). The summed E-state index contributed by atoms with van der Waals surface area (Å²) < 4.78 is 0. The van der Waals surface area contributed by atoms with E-state index in [1.807, 2.05) is 0 Å². The second kappa shape index (κ2) is 6.51. The highest BCUT2D eigenvalue weighted by atomic mass is 35.5. The SMILES string of the molecule is O=C(N[C@@H](CCO)C(=O)O)c1cc(Cl)c2ccccc2n1. The van der Waals surface area contributed by atoms with Crippen molar-refractivity contribution in [3.63, 3.8) is 0 Å². The summed E-state index contributed by atoms with van der Waals surface area (Å²) in [5, 5.41) is 21.1. The molecule has 0 aliphatic carbocycles. The number of rotatable bonds is 5. The normalized spacial score (nSPS) is 12.1. The van der Waals surface area contributed by atoms with Crippen LogP contribution >= 0.6 is 11.6 Å². The van der Waals surface area contributed by atoms with Crippen molar-refractivity contribution in [1.82, 2.24) is 10.3 Å². The number of pyridine rings is 1. The fraction of sp³-hybridized carbons (Fsp3) is 0.214. The number of aliphatic hydroxyl groups excluding tert-OH is 1. The zero-order valence-corrected chi connectivity index (χ0v) is 11.7. The topological polar surface area (TPSA) is 99.5 Å². The average Bonchev–Trinajstić information content (AvgIpc) is 2.46. The second-order valence-electron chi connectivity index (χ2n) is 4.38. The van der Waals surface area contributed by atoms with Crippen LogP contribution < -0.4 is 5.32 Å². The second-order valence-corrected chi connectivity index (χ2v) is 4.79. The number of para-hydroxylation sites is 1. The van der Waals surface area contributed by atoms with Crippen molar-refractivity contribution in [2.45, 2.75) is 12.5 Å². The zero-order chi connectivity index (χ0) is 15.4. The summed E-state index contributed by atoms with van der Waals surface area (Å²) in [4.78, 5) is 27.2. The molecule has 1 amide bonds. The quantitative estimate of drug-likeness (QED) is 0.776. The lowest BCUT2D eigenvalue weighted by atomic mass is 10.1. The van der Waals surface area contributed by atoms with Gasteiger partial charge >= 0.3 is 5.97 Å². The number of benzene rings is 1. The molecular formula is C14H13ClN2O4. The van der Waals surface area contributed by atoms with Gasteiger partial charge in [-0.15, -0.1) is 0 Å². The molecule has 21 heavy (non-hydrogen) atoms. The molecule has 0 radical (unpaired) electrons. The number of hydrogen-bond acceptors (Lipinski definition) is 4. The predicted molar refractivity (Wildman–Crippen MR) is 77.3 cm³/mol. The van der Waals surface area contributed by atoms with Gasteiger partial charge in [-0.2, -0.15) is 0 Å². The van der Waals surface area contributed by atoms with Crippen molar-refractivity contribution >= 4 is 34.4 Å². The van der Waals surface area contributed by atoms with Gasteiger partial charge in [-0.05, 0) is 12.1 Å². The van der Waals surface area contributed by atoms with E-state index in [-0.39, 0.29) is 18.7 Å². The Kier molecular flexibility index (Phi) is 4.72. The van der Waals surface area contributed by atoms with Gasteiger partial charge in [0.15, 0.2) is 0 Å². The molecule has 0 saturated carbocycles. The summed E-state index contributed by atoms with van der Waals surface area (Å²) in [5.41, 5.74) is 0.576. The zero-order valence-electron chi connectivity index (χ0n) is 10.9. The molecule has 1 atom stereocenters. The number of amides is 1. The van der Waals surface area contributed by atoms with Crippen LogP contribution in [0.4, 0.5) is 0 Å². The summed E-state index contributed by atoms with van der Waals surface area (Å²) in [7, 11) is 0. The van der Waals surface area contributed by atoms with Crippen molar-refractivity contribution in [2.24, 2.45) is 0 Å². The molecular weight excluding hydrogens is 296 g/mol. The molecule has 6 nitrogen and oxygen atoms in total. The third-order valence-corrected chi connectivity index (χ3v) is 3.23. The van der Waals surface area contributed by atoms with E-state index in [1.165, 1.54) is 6.07 Å². The molecule has 110 valence electrons. The van der Waals surface area contributed by atoms with Crippen LogP contribution in [0.15, 0.2) is 30.3 Å². The molecule has 3 N–H and O–H groups in total. The highest BCUT2D eigenvalue weighted by Gasteiger charge is 2.21. The number of aliphatic hydroxyl groups is 1. The van der Waals surface area contributed by atoms with Crippen LogP contribution in [0.1, 0.15) is 16.9 Å². The Balaban J connectivity index is 2.29. The highest BCUT2D eigenvalue weighted by molar-refractivity contribution is 6.35. The fourth-order valence-electron chi connectivity index (χ4n) is 1.87. The predicted octanol–water partition coefficient (Wildman–Crippen LogP) is 1.45. The number of carboxylic acids is 1. The number of halogens is 1. The minimum absolute atomic E-state index is 0.0305. The Morgan fingerprint density at radius 2 is 2.05 bits per heavy atom. The van der Waals surface area contributed by atoms with E-state index >= 15 is 0 Å². The van der Waals surface area contributed by atoms with E-state index in [2.05, 4.69) is 10.3 Å². The largest absolute Gasteiger partial charge is 0.480 e.